The molecule has 1 unspecified atom stereocenters. The number of nitriles is 1. The zero-order valence-corrected chi connectivity index (χ0v) is 14.6. The third-order valence-electron chi connectivity index (χ3n) is 5.12. The molecule has 1 aromatic carbocycles. The molecule has 0 bridgehead atoms. The summed E-state index contributed by atoms with van der Waals surface area (Å²) in [5.74, 6) is -0.271. The van der Waals surface area contributed by atoms with Crippen molar-refractivity contribution in [1.82, 2.24) is 9.97 Å². The van der Waals surface area contributed by atoms with Crippen LogP contribution in [0.1, 0.15) is 28.8 Å². The van der Waals surface area contributed by atoms with Crippen LogP contribution in [0.4, 0.5) is 4.39 Å². The fraction of sp³-hybridized carbons (Fsp3) is 0.250. The van der Waals surface area contributed by atoms with Crippen molar-refractivity contribution in [2.24, 2.45) is 0 Å². The normalized spacial score (nSPS) is 18.9. The Hall–Kier alpha value is -2.51. The van der Waals surface area contributed by atoms with Gasteiger partial charge in [-0.05, 0) is 61.1 Å². The van der Waals surface area contributed by atoms with E-state index in [4.69, 9.17) is 0 Å². The molecule has 1 aliphatic rings. The van der Waals surface area contributed by atoms with E-state index in [1.165, 1.54) is 12.1 Å². The van der Waals surface area contributed by atoms with E-state index in [2.05, 4.69) is 16.0 Å². The van der Waals surface area contributed by atoms with Gasteiger partial charge >= 0.3 is 0 Å². The summed E-state index contributed by atoms with van der Waals surface area (Å²) in [6, 6.07) is 11.1. The Kier molecular flexibility index (Phi) is 4.45. The quantitative estimate of drug-likeness (QED) is 0.649. The fourth-order valence-corrected chi connectivity index (χ4v) is 3.72. The average molecular weight is 354 g/mol. The monoisotopic (exact) mass is 353 g/mol. The van der Waals surface area contributed by atoms with Gasteiger partial charge in [0.25, 0.3) is 0 Å². The first-order valence-corrected chi connectivity index (χ1v) is 8.02. The predicted octanol–water partition coefficient (Wildman–Crippen LogP) is 4.45. The molecule has 0 aliphatic heterocycles. The second-order valence-electron chi connectivity index (χ2n) is 6.44. The van der Waals surface area contributed by atoms with Gasteiger partial charge in [-0.25, -0.2) is 4.39 Å². The molecule has 0 spiro atoms. The molecule has 3 nitrogen and oxygen atoms in total. The second kappa shape index (κ2) is 6.42. The number of benzene rings is 1. The van der Waals surface area contributed by atoms with E-state index in [0.29, 0.717) is 24.8 Å². The summed E-state index contributed by atoms with van der Waals surface area (Å²) >= 11 is 0. The number of aryl methyl sites for hydroxylation is 2. The van der Waals surface area contributed by atoms with Crippen LogP contribution in [0, 0.1) is 24.1 Å². The van der Waals surface area contributed by atoms with Gasteiger partial charge in [0.2, 0.25) is 0 Å². The van der Waals surface area contributed by atoms with Crippen LogP contribution < -0.4 is 0 Å². The second-order valence-corrected chi connectivity index (χ2v) is 6.44. The highest BCUT2D eigenvalue weighted by Gasteiger charge is 2.38. The number of fused-ring (bicyclic) bond motifs is 2. The highest BCUT2D eigenvalue weighted by molar-refractivity contribution is 5.85. The first-order valence-electron chi connectivity index (χ1n) is 8.02. The van der Waals surface area contributed by atoms with Crippen molar-refractivity contribution in [2.75, 3.05) is 0 Å². The predicted molar refractivity (Wildman–Crippen MR) is 97.2 cm³/mol. The van der Waals surface area contributed by atoms with Crippen LogP contribution in [-0.4, -0.2) is 9.97 Å². The van der Waals surface area contributed by atoms with Crippen molar-refractivity contribution >= 4 is 23.3 Å². The first kappa shape index (κ1) is 17.3. The standard InChI is InChI=1S/C20H16FN3.ClH/c1-13-16-5-4-15(21)9-19(16)24-18-6-7-20(12-22,10-17(13)18)14-3-2-8-23-11-14;/h2-5,8-9,11H,6-7,10H2,1H3;1H. The summed E-state index contributed by atoms with van der Waals surface area (Å²) < 4.78 is 13.5. The molecule has 0 amide bonds. The third kappa shape index (κ3) is 2.75. The van der Waals surface area contributed by atoms with E-state index in [9.17, 15) is 9.65 Å². The van der Waals surface area contributed by atoms with Crippen molar-refractivity contribution in [3.63, 3.8) is 0 Å². The van der Waals surface area contributed by atoms with E-state index in [1.807, 2.05) is 19.1 Å². The molecular weight excluding hydrogens is 337 g/mol. The Balaban J connectivity index is 0.00000182. The number of halogens is 2. The van der Waals surface area contributed by atoms with Crippen LogP contribution in [0.3, 0.4) is 0 Å². The maximum atomic E-state index is 13.5. The summed E-state index contributed by atoms with van der Waals surface area (Å²) in [4.78, 5) is 8.85. The number of pyridine rings is 2. The van der Waals surface area contributed by atoms with Gasteiger partial charge in [0.15, 0.2) is 0 Å². The largest absolute Gasteiger partial charge is 0.264 e. The molecule has 0 fully saturated rings. The van der Waals surface area contributed by atoms with Gasteiger partial charge in [0.1, 0.15) is 5.82 Å². The molecule has 1 atom stereocenters. The molecule has 0 saturated carbocycles. The van der Waals surface area contributed by atoms with Gasteiger partial charge in [-0.3, -0.25) is 9.97 Å². The molecule has 25 heavy (non-hydrogen) atoms. The zero-order chi connectivity index (χ0) is 16.7. The Morgan fingerprint density at radius 1 is 1.28 bits per heavy atom. The fourth-order valence-electron chi connectivity index (χ4n) is 3.72. The maximum Gasteiger partial charge on any atom is 0.125 e. The molecule has 126 valence electrons. The van der Waals surface area contributed by atoms with Crippen LogP contribution in [0.2, 0.25) is 0 Å². The maximum absolute atomic E-state index is 13.5. The highest BCUT2D eigenvalue weighted by atomic mass is 35.5. The summed E-state index contributed by atoms with van der Waals surface area (Å²) in [6.45, 7) is 2.04. The van der Waals surface area contributed by atoms with Gasteiger partial charge in [-0.15, -0.1) is 12.4 Å². The van der Waals surface area contributed by atoms with E-state index < -0.39 is 5.41 Å². The summed E-state index contributed by atoms with van der Waals surface area (Å²) in [5, 5.41) is 10.9. The SMILES string of the molecule is Cc1c2c(nc3cc(F)ccc13)CCC(C#N)(c1cccnc1)C2.Cl. The van der Waals surface area contributed by atoms with Crippen molar-refractivity contribution in [3.05, 3.63) is 70.9 Å². The molecular formula is C20H17ClFN3. The zero-order valence-electron chi connectivity index (χ0n) is 13.8. The Bertz CT molecular complexity index is 982. The van der Waals surface area contributed by atoms with Gasteiger partial charge in [-0.2, -0.15) is 5.26 Å². The van der Waals surface area contributed by atoms with Crippen LogP contribution in [0.5, 0.6) is 0 Å². The van der Waals surface area contributed by atoms with E-state index >= 15 is 0 Å². The van der Waals surface area contributed by atoms with E-state index in [-0.39, 0.29) is 18.2 Å². The van der Waals surface area contributed by atoms with Gasteiger partial charge in [0, 0.05) is 29.5 Å². The Labute approximate surface area is 152 Å². The molecule has 0 N–H and O–H groups in total. The molecule has 0 radical (unpaired) electrons. The Morgan fingerprint density at radius 3 is 2.84 bits per heavy atom. The van der Waals surface area contributed by atoms with Gasteiger partial charge in [-0.1, -0.05) is 6.07 Å². The molecule has 1 aliphatic carbocycles. The number of aromatic nitrogens is 2. The summed E-state index contributed by atoms with van der Waals surface area (Å²) in [5.41, 5.74) is 4.28. The van der Waals surface area contributed by atoms with Crippen molar-refractivity contribution in [2.45, 2.75) is 31.6 Å². The minimum absolute atomic E-state index is 0. The smallest absolute Gasteiger partial charge is 0.125 e. The summed E-state index contributed by atoms with van der Waals surface area (Å²) in [6.07, 6.45) is 5.55. The number of nitrogens with zero attached hydrogens (tertiary/aromatic N) is 3. The minimum Gasteiger partial charge on any atom is -0.264 e. The minimum atomic E-state index is -0.568. The molecule has 2 aromatic heterocycles. The number of rotatable bonds is 1. The van der Waals surface area contributed by atoms with Gasteiger partial charge in [0.05, 0.1) is 17.0 Å². The highest BCUT2D eigenvalue weighted by Crippen LogP contribution is 2.40. The summed E-state index contributed by atoms with van der Waals surface area (Å²) in [7, 11) is 0. The Morgan fingerprint density at radius 2 is 2.12 bits per heavy atom. The van der Waals surface area contributed by atoms with Crippen molar-refractivity contribution < 1.29 is 4.39 Å². The lowest BCUT2D eigenvalue weighted by Gasteiger charge is -2.33. The van der Waals surface area contributed by atoms with Crippen LogP contribution >= 0.6 is 12.4 Å². The van der Waals surface area contributed by atoms with Crippen LogP contribution in [0.15, 0.2) is 42.7 Å². The van der Waals surface area contributed by atoms with Crippen LogP contribution in [0.25, 0.3) is 10.9 Å². The molecule has 2 heterocycles. The average Bonchev–Trinajstić information content (AvgIpc) is 2.62. The third-order valence-corrected chi connectivity index (χ3v) is 5.12. The van der Waals surface area contributed by atoms with Crippen molar-refractivity contribution in [3.8, 4) is 6.07 Å². The van der Waals surface area contributed by atoms with E-state index in [0.717, 1.165) is 27.8 Å². The van der Waals surface area contributed by atoms with Crippen molar-refractivity contribution in [1.29, 1.82) is 5.26 Å². The number of hydrogen-bond acceptors (Lipinski definition) is 3. The first-order chi connectivity index (χ1) is 11.6. The molecule has 4 rings (SSSR count). The number of hydrogen-bond donors (Lipinski definition) is 0. The molecule has 0 saturated heterocycles. The molecule has 5 heteroatoms. The topological polar surface area (TPSA) is 49.6 Å². The van der Waals surface area contributed by atoms with Crippen LogP contribution in [-0.2, 0) is 18.3 Å². The lowest BCUT2D eigenvalue weighted by molar-refractivity contribution is 0.465. The lowest BCUT2D eigenvalue weighted by Crippen LogP contribution is -2.33. The van der Waals surface area contributed by atoms with Gasteiger partial charge < -0.3 is 0 Å². The molecule has 3 aromatic rings. The lowest BCUT2D eigenvalue weighted by atomic mass is 9.69. The van der Waals surface area contributed by atoms with E-state index in [1.54, 1.807) is 18.5 Å².